The second-order valence-electron chi connectivity index (χ2n) is 11.3. The summed E-state index contributed by atoms with van der Waals surface area (Å²) >= 11 is 0. The lowest BCUT2D eigenvalue weighted by Crippen LogP contribution is -2.46. The van der Waals surface area contributed by atoms with Crippen LogP contribution in [-0.4, -0.2) is 28.2 Å². The van der Waals surface area contributed by atoms with Gasteiger partial charge in [-0.3, -0.25) is 0 Å². The highest BCUT2D eigenvalue weighted by atomic mass is 19.4. The first-order valence-corrected chi connectivity index (χ1v) is 13.6. The fourth-order valence-electron chi connectivity index (χ4n) is 6.14. The maximum absolute atomic E-state index is 13.1. The molecule has 4 aliphatic rings. The quantitative estimate of drug-likeness (QED) is 0.288. The van der Waals surface area contributed by atoms with Crippen molar-refractivity contribution >= 4 is 12.0 Å². The third-order valence-corrected chi connectivity index (χ3v) is 8.66. The minimum atomic E-state index is -4.82. The Kier molecular flexibility index (Phi) is 6.73. The van der Waals surface area contributed by atoms with Crippen LogP contribution >= 0.6 is 0 Å². The summed E-state index contributed by atoms with van der Waals surface area (Å²) in [6.07, 6.45) is 6.84. The first-order chi connectivity index (χ1) is 19.1. The Hall–Kier alpha value is -3.59. The zero-order chi connectivity index (χ0) is 28.0. The molecule has 7 rings (SSSR count). The van der Waals surface area contributed by atoms with Crippen molar-refractivity contribution in [3.63, 3.8) is 0 Å². The van der Waals surface area contributed by atoms with Crippen molar-refractivity contribution in [3.05, 3.63) is 77.1 Å². The zero-order valence-electron chi connectivity index (χ0n) is 21.9. The minimum absolute atomic E-state index is 0.0553. The Labute approximate surface area is 229 Å². The number of nitrogens with zero attached hydrogens (tertiary/aromatic N) is 1. The Bertz CT molecular complexity index is 1410. The average molecular weight is 554 g/mol. The van der Waals surface area contributed by atoms with Gasteiger partial charge in [0.25, 0.3) is 0 Å². The molecule has 0 spiro atoms. The predicted octanol–water partition coefficient (Wildman–Crippen LogP) is 8.14. The van der Waals surface area contributed by atoms with Crippen molar-refractivity contribution in [1.82, 2.24) is 5.16 Å². The van der Waals surface area contributed by atoms with Crippen LogP contribution in [0.1, 0.15) is 84.5 Å². The summed E-state index contributed by atoms with van der Waals surface area (Å²) in [4.78, 5) is 11.3. The number of rotatable bonds is 9. The monoisotopic (exact) mass is 553 g/mol. The SMILES string of the molecule is O=C(O)c1cccc(/C=C/C23CCC(OCc4c(-c5ccccc5OC(F)(F)F)noc4C4CC4)(CC2)CC3)c1. The van der Waals surface area contributed by atoms with E-state index in [4.69, 9.17) is 9.26 Å². The number of hydrogen-bond acceptors (Lipinski definition) is 5. The van der Waals surface area contributed by atoms with Crippen molar-refractivity contribution < 1.29 is 37.1 Å². The van der Waals surface area contributed by atoms with E-state index in [0.717, 1.165) is 56.9 Å². The molecule has 0 atom stereocenters. The molecule has 1 heterocycles. The summed E-state index contributed by atoms with van der Waals surface area (Å²) < 4.78 is 55.8. The van der Waals surface area contributed by atoms with Crippen molar-refractivity contribution in [2.24, 2.45) is 5.41 Å². The van der Waals surface area contributed by atoms with Gasteiger partial charge in [-0.1, -0.05) is 41.6 Å². The topological polar surface area (TPSA) is 81.8 Å². The zero-order valence-corrected chi connectivity index (χ0v) is 21.9. The number of carboxylic acid groups (broad SMARTS) is 1. The third kappa shape index (κ3) is 5.52. The molecule has 4 aliphatic carbocycles. The molecule has 0 saturated heterocycles. The number of halogens is 3. The summed E-state index contributed by atoms with van der Waals surface area (Å²) in [6, 6.07) is 12.9. The Morgan fingerprint density at radius 1 is 1.05 bits per heavy atom. The van der Waals surface area contributed by atoms with E-state index in [0.29, 0.717) is 17.0 Å². The molecule has 1 aromatic heterocycles. The number of fused-ring (bicyclic) bond motifs is 3. The van der Waals surface area contributed by atoms with Gasteiger partial charge in [0.1, 0.15) is 17.2 Å². The molecule has 0 aliphatic heterocycles. The average Bonchev–Trinajstić information content (AvgIpc) is 3.71. The van der Waals surface area contributed by atoms with Gasteiger partial charge in [0.2, 0.25) is 0 Å². The van der Waals surface area contributed by atoms with Crippen LogP contribution in [0.3, 0.4) is 0 Å². The van der Waals surface area contributed by atoms with Gasteiger partial charge in [-0.25, -0.2) is 4.79 Å². The van der Waals surface area contributed by atoms with Gasteiger partial charge < -0.3 is 19.1 Å². The number of hydrogen-bond donors (Lipinski definition) is 1. The van der Waals surface area contributed by atoms with Crippen LogP contribution in [0.2, 0.25) is 0 Å². The lowest BCUT2D eigenvalue weighted by Gasteiger charge is -2.52. The highest BCUT2D eigenvalue weighted by Gasteiger charge is 2.48. The molecule has 2 aromatic carbocycles. The molecular weight excluding hydrogens is 523 g/mol. The van der Waals surface area contributed by atoms with E-state index in [-0.39, 0.29) is 40.4 Å². The van der Waals surface area contributed by atoms with Crippen LogP contribution in [0.25, 0.3) is 17.3 Å². The molecule has 210 valence electrons. The largest absolute Gasteiger partial charge is 0.573 e. The molecule has 0 radical (unpaired) electrons. The third-order valence-electron chi connectivity index (χ3n) is 8.66. The van der Waals surface area contributed by atoms with Crippen molar-refractivity contribution in [3.8, 4) is 17.0 Å². The van der Waals surface area contributed by atoms with Gasteiger partial charge in [0, 0.05) is 17.0 Å². The number of para-hydroxylation sites is 1. The first kappa shape index (κ1) is 26.6. The van der Waals surface area contributed by atoms with Crippen LogP contribution in [0.5, 0.6) is 5.75 Å². The summed E-state index contributed by atoms with van der Waals surface area (Å²) in [6.45, 7) is 0.218. The molecule has 1 N–H and O–H groups in total. The molecule has 0 unspecified atom stereocenters. The highest BCUT2D eigenvalue weighted by Crippen LogP contribution is 2.55. The molecule has 9 heteroatoms. The van der Waals surface area contributed by atoms with E-state index in [9.17, 15) is 23.1 Å². The van der Waals surface area contributed by atoms with E-state index in [1.54, 1.807) is 30.3 Å². The smallest absolute Gasteiger partial charge is 0.478 e. The Morgan fingerprint density at radius 2 is 1.77 bits per heavy atom. The van der Waals surface area contributed by atoms with E-state index in [1.165, 1.54) is 12.1 Å². The van der Waals surface area contributed by atoms with Crippen LogP contribution in [0.4, 0.5) is 13.2 Å². The molecule has 3 aromatic rings. The Balaban J connectivity index is 1.18. The highest BCUT2D eigenvalue weighted by molar-refractivity contribution is 5.88. The van der Waals surface area contributed by atoms with Crippen LogP contribution in [-0.2, 0) is 11.3 Å². The van der Waals surface area contributed by atoms with Gasteiger partial charge in [-0.15, -0.1) is 13.2 Å². The van der Waals surface area contributed by atoms with Crippen LogP contribution in [0.15, 0.2) is 59.1 Å². The fraction of sp³-hybridized carbons (Fsp3) is 0.419. The number of aromatic nitrogens is 1. The summed E-state index contributed by atoms with van der Waals surface area (Å²) in [5, 5.41) is 13.5. The van der Waals surface area contributed by atoms with Crippen molar-refractivity contribution in [2.75, 3.05) is 0 Å². The lowest BCUT2D eigenvalue weighted by molar-refractivity contribution is -0.274. The number of alkyl halides is 3. The molecule has 4 saturated carbocycles. The molecular formula is C31H30F3NO5. The maximum atomic E-state index is 13.1. The molecule has 4 fully saturated rings. The second-order valence-corrected chi connectivity index (χ2v) is 11.3. The van der Waals surface area contributed by atoms with Gasteiger partial charge in [-0.05, 0) is 86.6 Å². The standard InChI is InChI=1S/C31H30F3NO5/c32-31(33,34)39-25-7-2-1-6-23(25)26-24(27(40-35-26)21-8-9-21)19-38-30-15-12-29(13-16-30,14-17-30)11-10-20-4-3-5-22(18-20)28(36)37/h1-7,10-11,18,21H,8-9,12-17,19H2,(H,36,37)/b11-10+. The first-order valence-electron chi connectivity index (χ1n) is 13.6. The number of carboxylic acids is 1. The second kappa shape index (κ2) is 10.1. The van der Waals surface area contributed by atoms with Gasteiger partial charge >= 0.3 is 12.3 Å². The summed E-state index contributed by atoms with van der Waals surface area (Å²) in [7, 11) is 0. The summed E-state index contributed by atoms with van der Waals surface area (Å²) in [5.74, 6) is -0.349. The van der Waals surface area contributed by atoms with Gasteiger partial charge in [0.05, 0.1) is 17.8 Å². The number of ether oxygens (including phenoxy) is 2. The van der Waals surface area contributed by atoms with E-state index in [2.05, 4.69) is 16.0 Å². The van der Waals surface area contributed by atoms with Gasteiger partial charge in [-0.2, -0.15) is 0 Å². The fourth-order valence-corrected chi connectivity index (χ4v) is 6.14. The molecule has 0 amide bonds. The summed E-state index contributed by atoms with van der Waals surface area (Å²) in [5.41, 5.74) is 2.17. The lowest BCUT2D eigenvalue weighted by atomic mass is 9.58. The maximum Gasteiger partial charge on any atom is 0.573 e. The number of carbonyl (C=O) groups is 1. The predicted molar refractivity (Wildman–Crippen MR) is 141 cm³/mol. The molecule has 2 bridgehead atoms. The number of benzene rings is 2. The number of allylic oxidation sites excluding steroid dienone is 1. The van der Waals surface area contributed by atoms with Crippen LogP contribution in [0, 0.1) is 5.41 Å². The van der Waals surface area contributed by atoms with E-state index in [1.807, 2.05) is 12.1 Å². The molecule has 6 nitrogen and oxygen atoms in total. The van der Waals surface area contributed by atoms with Crippen LogP contribution < -0.4 is 4.74 Å². The normalized spacial score (nSPS) is 24.5. The van der Waals surface area contributed by atoms with Crippen molar-refractivity contribution in [2.45, 2.75) is 75.9 Å². The van der Waals surface area contributed by atoms with Gasteiger partial charge in [0.15, 0.2) is 0 Å². The van der Waals surface area contributed by atoms with E-state index < -0.39 is 12.3 Å². The molecule has 40 heavy (non-hydrogen) atoms. The minimum Gasteiger partial charge on any atom is -0.478 e. The van der Waals surface area contributed by atoms with Crippen molar-refractivity contribution in [1.29, 1.82) is 0 Å². The van der Waals surface area contributed by atoms with E-state index >= 15 is 0 Å². The Morgan fingerprint density at radius 3 is 2.45 bits per heavy atom. The number of aromatic carboxylic acids is 1.